The molecule has 0 bridgehead atoms. The summed E-state index contributed by atoms with van der Waals surface area (Å²) in [7, 11) is 0. The topological polar surface area (TPSA) is 76.7 Å². The molecule has 6 nitrogen and oxygen atoms in total. The van der Waals surface area contributed by atoms with E-state index in [2.05, 4.69) is 10.6 Å². The first-order chi connectivity index (χ1) is 12.5. The van der Waals surface area contributed by atoms with E-state index in [9.17, 15) is 9.59 Å². The van der Waals surface area contributed by atoms with Crippen LogP contribution >= 0.6 is 0 Å². The fraction of sp³-hybridized carbons (Fsp3) is 0.300. The van der Waals surface area contributed by atoms with Gasteiger partial charge in [0.05, 0.1) is 12.3 Å². The first-order valence-corrected chi connectivity index (χ1v) is 8.61. The summed E-state index contributed by atoms with van der Waals surface area (Å²) < 4.78 is 11.5. The van der Waals surface area contributed by atoms with Crippen molar-refractivity contribution in [3.63, 3.8) is 0 Å². The van der Waals surface area contributed by atoms with Crippen molar-refractivity contribution in [2.75, 3.05) is 17.2 Å². The van der Waals surface area contributed by atoms with Gasteiger partial charge in [-0.25, -0.2) is 0 Å². The summed E-state index contributed by atoms with van der Waals surface area (Å²) in [5, 5.41) is 5.56. The van der Waals surface area contributed by atoms with Crippen LogP contribution in [-0.2, 0) is 11.2 Å². The van der Waals surface area contributed by atoms with Crippen molar-refractivity contribution in [2.45, 2.75) is 33.3 Å². The van der Waals surface area contributed by atoms with Crippen molar-refractivity contribution in [3.05, 3.63) is 47.5 Å². The van der Waals surface area contributed by atoms with Crippen LogP contribution in [0.3, 0.4) is 0 Å². The molecule has 0 saturated carbocycles. The van der Waals surface area contributed by atoms with Crippen LogP contribution in [0.5, 0.6) is 11.5 Å². The van der Waals surface area contributed by atoms with Gasteiger partial charge in [-0.05, 0) is 44.2 Å². The van der Waals surface area contributed by atoms with E-state index >= 15 is 0 Å². The summed E-state index contributed by atoms with van der Waals surface area (Å²) in [5.74, 6) is 0.992. The van der Waals surface area contributed by atoms with E-state index in [1.165, 1.54) is 6.92 Å². The molecule has 3 rings (SSSR count). The molecular weight excluding hydrogens is 332 g/mol. The first-order valence-electron chi connectivity index (χ1n) is 8.61. The number of ether oxygens (including phenoxy) is 2. The van der Waals surface area contributed by atoms with Gasteiger partial charge in [-0.2, -0.15) is 0 Å². The van der Waals surface area contributed by atoms with Gasteiger partial charge < -0.3 is 20.1 Å². The lowest BCUT2D eigenvalue weighted by Gasteiger charge is -2.14. The number of carbonyl (C=O) groups excluding carboxylic acids is 2. The average Bonchev–Trinajstić information content (AvgIpc) is 2.94. The molecule has 2 N–H and O–H groups in total. The molecule has 136 valence electrons. The largest absolute Gasteiger partial charge is 0.492 e. The SMILES string of the molecule is CCOc1cc2c(cc1NC(=O)c1ccc(NC(C)=O)cc1)O[C@H](C)C2. The second-order valence-corrected chi connectivity index (χ2v) is 6.23. The van der Waals surface area contributed by atoms with Crippen molar-refractivity contribution in [1.82, 2.24) is 0 Å². The molecule has 1 heterocycles. The number of rotatable bonds is 5. The van der Waals surface area contributed by atoms with Gasteiger partial charge in [0, 0.05) is 36.2 Å². The van der Waals surface area contributed by atoms with Crippen LogP contribution in [-0.4, -0.2) is 24.5 Å². The number of hydrogen-bond acceptors (Lipinski definition) is 4. The molecular formula is C20H22N2O4. The quantitative estimate of drug-likeness (QED) is 0.860. The van der Waals surface area contributed by atoms with Crippen LogP contribution in [0.2, 0.25) is 0 Å². The first kappa shape index (κ1) is 17.8. The number of benzene rings is 2. The summed E-state index contributed by atoms with van der Waals surface area (Å²) in [6.45, 7) is 5.85. The third-order valence-corrected chi connectivity index (χ3v) is 4.01. The number of hydrogen-bond donors (Lipinski definition) is 2. The van der Waals surface area contributed by atoms with E-state index in [-0.39, 0.29) is 17.9 Å². The van der Waals surface area contributed by atoms with Gasteiger partial charge >= 0.3 is 0 Å². The Hall–Kier alpha value is -3.02. The molecule has 1 aliphatic heterocycles. The second-order valence-electron chi connectivity index (χ2n) is 6.23. The monoisotopic (exact) mass is 354 g/mol. The maximum Gasteiger partial charge on any atom is 0.255 e. The molecule has 0 fully saturated rings. The van der Waals surface area contributed by atoms with E-state index < -0.39 is 0 Å². The maximum absolute atomic E-state index is 12.6. The Morgan fingerprint density at radius 1 is 1.19 bits per heavy atom. The molecule has 0 unspecified atom stereocenters. The van der Waals surface area contributed by atoms with E-state index in [1.807, 2.05) is 26.0 Å². The van der Waals surface area contributed by atoms with Crippen LogP contribution < -0.4 is 20.1 Å². The third kappa shape index (κ3) is 3.96. The number of anilines is 2. The number of nitrogens with one attached hydrogen (secondary N) is 2. The van der Waals surface area contributed by atoms with Gasteiger partial charge in [0.1, 0.15) is 17.6 Å². The molecule has 26 heavy (non-hydrogen) atoms. The fourth-order valence-corrected chi connectivity index (χ4v) is 2.91. The highest BCUT2D eigenvalue weighted by Gasteiger charge is 2.22. The van der Waals surface area contributed by atoms with Crippen LogP contribution in [0.15, 0.2) is 36.4 Å². The highest BCUT2D eigenvalue weighted by atomic mass is 16.5. The van der Waals surface area contributed by atoms with Gasteiger partial charge in [0.2, 0.25) is 5.91 Å². The predicted molar refractivity (Wildman–Crippen MR) is 100 cm³/mol. The Kier molecular flexibility index (Phi) is 5.11. The van der Waals surface area contributed by atoms with Crippen molar-refractivity contribution in [2.24, 2.45) is 0 Å². The highest BCUT2D eigenvalue weighted by molar-refractivity contribution is 6.05. The van der Waals surface area contributed by atoms with Gasteiger partial charge in [0.25, 0.3) is 5.91 Å². The minimum atomic E-state index is -0.258. The Morgan fingerprint density at radius 3 is 2.58 bits per heavy atom. The van der Waals surface area contributed by atoms with Crippen molar-refractivity contribution >= 4 is 23.2 Å². The molecule has 0 aliphatic carbocycles. The van der Waals surface area contributed by atoms with Crippen LogP contribution in [0.4, 0.5) is 11.4 Å². The lowest BCUT2D eigenvalue weighted by atomic mass is 10.1. The number of amides is 2. The van der Waals surface area contributed by atoms with Gasteiger partial charge in [-0.15, -0.1) is 0 Å². The summed E-state index contributed by atoms with van der Waals surface area (Å²) in [5.41, 5.74) is 2.79. The summed E-state index contributed by atoms with van der Waals surface area (Å²) in [4.78, 5) is 23.6. The van der Waals surface area contributed by atoms with E-state index in [0.717, 1.165) is 17.7 Å². The molecule has 2 aromatic rings. The van der Waals surface area contributed by atoms with Crippen LogP contribution in [0.25, 0.3) is 0 Å². The standard InChI is InChI=1S/C20H22N2O4/c1-4-25-19-10-15-9-12(2)26-18(15)11-17(19)22-20(24)14-5-7-16(8-6-14)21-13(3)23/h5-8,10-12H,4,9H2,1-3H3,(H,21,23)(H,22,24)/t12-/m1/s1. The Morgan fingerprint density at radius 2 is 1.92 bits per heavy atom. The molecule has 1 aliphatic rings. The molecule has 0 radical (unpaired) electrons. The zero-order valence-electron chi connectivity index (χ0n) is 15.1. The van der Waals surface area contributed by atoms with Crippen LogP contribution in [0, 0.1) is 0 Å². The van der Waals surface area contributed by atoms with E-state index in [0.29, 0.717) is 29.3 Å². The highest BCUT2D eigenvalue weighted by Crippen LogP contribution is 2.38. The molecule has 6 heteroatoms. The summed E-state index contributed by atoms with van der Waals surface area (Å²) in [6, 6.07) is 10.4. The second kappa shape index (κ2) is 7.47. The minimum Gasteiger partial charge on any atom is -0.492 e. The fourth-order valence-electron chi connectivity index (χ4n) is 2.91. The third-order valence-electron chi connectivity index (χ3n) is 4.01. The van der Waals surface area contributed by atoms with E-state index in [4.69, 9.17) is 9.47 Å². The van der Waals surface area contributed by atoms with Gasteiger partial charge in [0.15, 0.2) is 0 Å². The molecule has 0 spiro atoms. The predicted octanol–water partition coefficient (Wildman–Crippen LogP) is 3.62. The van der Waals surface area contributed by atoms with E-state index in [1.54, 1.807) is 24.3 Å². The Labute approximate surface area is 152 Å². The van der Waals surface area contributed by atoms with Crippen molar-refractivity contribution < 1.29 is 19.1 Å². The molecule has 0 aromatic heterocycles. The number of fused-ring (bicyclic) bond motifs is 1. The average molecular weight is 354 g/mol. The lowest BCUT2D eigenvalue weighted by molar-refractivity contribution is -0.114. The molecule has 0 saturated heterocycles. The van der Waals surface area contributed by atoms with Gasteiger partial charge in [-0.1, -0.05) is 0 Å². The summed E-state index contributed by atoms with van der Waals surface area (Å²) >= 11 is 0. The van der Waals surface area contributed by atoms with Crippen molar-refractivity contribution in [1.29, 1.82) is 0 Å². The van der Waals surface area contributed by atoms with Gasteiger partial charge in [-0.3, -0.25) is 9.59 Å². The Bertz CT molecular complexity index is 830. The number of carbonyl (C=O) groups is 2. The molecule has 1 atom stereocenters. The Balaban J connectivity index is 1.80. The smallest absolute Gasteiger partial charge is 0.255 e. The zero-order valence-corrected chi connectivity index (χ0v) is 15.1. The van der Waals surface area contributed by atoms with Crippen molar-refractivity contribution in [3.8, 4) is 11.5 Å². The molecule has 2 amide bonds. The zero-order chi connectivity index (χ0) is 18.7. The normalized spacial score (nSPS) is 15.0. The molecule has 2 aromatic carbocycles. The van der Waals surface area contributed by atoms with Crippen LogP contribution in [0.1, 0.15) is 36.7 Å². The summed E-state index contributed by atoms with van der Waals surface area (Å²) in [6.07, 6.45) is 0.945. The maximum atomic E-state index is 12.6. The minimum absolute atomic E-state index is 0.117. The lowest BCUT2D eigenvalue weighted by Crippen LogP contribution is -2.13.